The maximum atomic E-state index is 12.8. The number of nitrogens with zero attached hydrogens (tertiary/aromatic N) is 1. The van der Waals surface area contributed by atoms with E-state index in [1.807, 2.05) is 27.0 Å². The summed E-state index contributed by atoms with van der Waals surface area (Å²) in [7, 11) is -1.60. The summed E-state index contributed by atoms with van der Waals surface area (Å²) in [6, 6.07) is 5.23. The molecule has 1 aliphatic rings. The summed E-state index contributed by atoms with van der Waals surface area (Å²) < 4.78 is 27.1. The molecule has 1 aromatic rings. The van der Waals surface area contributed by atoms with Gasteiger partial charge in [-0.1, -0.05) is 6.07 Å². The Kier molecular flexibility index (Phi) is 9.03. The van der Waals surface area contributed by atoms with E-state index in [2.05, 4.69) is 10.6 Å². The lowest BCUT2D eigenvalue weighted by molar-refractivity contribution is -0.126. The number of carbonyl (C=O) groups excluding carboxylic acids is 1. The monoisotopic (exact) mass is 403 g/mol. The van der Waals surface area contributed by atoms with Gasteiger partial charge in [0, 0.05) is 25.6 Å². The lowest BCUT2D eigenvalue weighted by atomic mass is 9.97. The predicted octanol–water partition coefficient (Wildman–Crippen LogP) is 1.85. The van der Waals surface area contributed by atoms with E-state index in [0.29, 0.717) is 37.4 Å². The van der Waals surface area contributed by atoms with Crippen molar-refractivity contribution in [1.29, 1.82) is 0 Å². The standard InChI is InChI=1S/C18H29N3O3S.ClH/c1-14-5-6-17(13-15(14)2)25(23,24)21-11-7-16(8-12-21)18(22)20-10-4-9-19-3;/h5-6,13,16,19H,4,7-12H2,1-3H3,(H,20,22);1H. The molecule has 26 heavy (non-hydrogen) atoms. The van der Waals surface area contributed by atoms with Crippen LogP contribution in [0, 0.1) is 19.8 Å². The first kappa shape index (κ1) is 22.9. The van der Waals surface area contributed by atoms with Crippen molar-refractivity contribution in [2.45, 2.75) is 38.0 Å². The van der Waals surface area contributed by atoms with Gasteiger partial charge in [0.25, 0.3) is 0 Å². The number of benzene rings is 1. The van der Waals surface area contributed by atoms with Crippen LogP contribution >= 0.6 is 12.4 Å². The molecule has 8 heteroatoms. The highest BCUT2D eigenvalue weighted by atomic mass is 35.5. The summed E-state index contributed by atoms with van der Waals surface area (Å²) in [6.45, 7) is 6.19. The van der Waals surface area contributed by atoms with E-state index >= 15 is 0 Å². The fourth-order valence-electron chi connectivity index (χ4n) is 3.00. The Hall–Kier alpha value is -1.15. The number of nitrogens with one attached hydrogen (secondary N) is 2. The molecule has 2 rings (SSSR count). The van der Waals surface area contributed by atoms with E-state index in [-0.39, 0.29) is 24.2 Å². The van der Waals surface area contributed by atoms with Gasteiger partial charge >= 0.3 is 0 Å². The van der Waals surface area contributed by atoms with Crippen LogP contribution in [0.5, 0.6) is 0 Å². The zero-order chi connectivity index (χ0) is 18.4. The minimum atomic E-state index is -3.48. The van der Waals surface area contributed by atoms with Crippen molar-refractivity contribution in [3.05, 3.63) is 29.3 Å². The van der Waals surface area contributed by atoms with Gasteiger partial charge in [-0.3, -0.25) is 4.79 Å². The van der Waals surface area contributed by atoms with Crippen LogP contribution in [0.4, 0.5) is 0 Å². The molecule has 0 atom stereocenters. The van der Waals surface area contributed by atoms with E-state index in [0.717, 1.165) is 24.1 Å². The minimum Gasteiger partial charge on any atom is -0.356 e. The SMILES string of the molecule is CNCCCNC(=O)C1CCN(S(=O)(=O)c2ccc(C)c(C)c2)CC1.Cl. The van der Waals surface area contributed by atoms with Crippen molar-refractivity contribution in [3.63, 3.8) is 0 Å². The summed E-state index contributed by atoms with van der Waals surface area (Å²) in [5.74, 6) is -0.0554. The maximum Gasteiger partial charge on any atom is 0.243 e. The van der Waals surface area contributed by atoms with Gasteiger partial charge in [-0.2, -0.15) is 4.31 Å². The smallest absolute Gasteiger partial charge is 0.243 e. The fourth-order valence-corrected chi connectivity index (χ4v) is 4.56. The third-order valence-electron chi connectivity index (χ3n) is 4.84. The zero-order valence-electron chi connectivity index (χ0n) is 15.7. The van der Waals surface area contributed by atoms with Gasteiger partial charge in [0.1, 0.15) is 0 Å². The summed E-state index contributed by atoms with van der Waals surface area (Å²) in [4.78, 5) is 12.5. The highest BCUT2D eigenvalue weighted by Crippen LogP contribution is 2.25. The Balaban J connectivity index is 0.00000338. The molecule has 6 nitrogen and oxygen atoms in total. The number of hydrogen-bond acceptors (Lipinski definition) is 4. The molecule has 2 N–H and O–H groups in total. The number of carbonyl (C=O) groups is 1. The topological polar surface area (TPSA) is 78.5 Å². The van der Waals surface area contributed by atoms with Gasteiger partial charge in [-0.15, -0.1) is 12.4 Å². The first-order chi connectivity index (χ1) is 11.9. The number of amides is 1. The van der Waals surface area contributed by atoms with Crippen LogP contribution in [-0.2, 0) is 14.8 Å². The van der Waals surface area contributed by atoms with Crippen LogP contribution in [0.1, 0.15) is 30.4 Å². The zero-order valence-corrected chi connectivity index (χ0v) is 17.4. The van der Waals surface area contributed by atoms with E-state index in [4.69, 9.17) is 0 Å². The lowest BCUT2D eigenvalue weighted by Crippen LogP contribution is -2.43. The quantitative estimate of drug-likeness (QED) is 0.681. The Morgan fingerprint density at radius 2 is 1.81 bits per heavy atom. The minimum absolute atomic E-state index is 0. The molecular weight excluding hydrogens is 374 g/mol. The van der Waals surface area contributed by atoms with Crippen LogP contribution < -0.4 is 10.6 Å². The van der Waals surface area contributed by atoms with Gasteiger partial charge in [-0.05, 0) is 70.0 Å². The molecule has 0 saturated carbocycles. The molecule has 0 aliphatic carbocycles. The second-order valence-corrected chi connectivity index (χ2v) is 8.61. The number of rotatable bonds is 7. The third-order valence-corrected chi connectivity index (χ3v) is 6.74. The second kappa shape index (κ2) is 10.3. The fraction of sp³-hybridized carbons (Fsp3) is 0.611. The van der Waals surface area contributed by atoms with Crippen LogP contribution in [0.3, 0.4) is 0 Å². The number of halogens is 1. The maximum absolute atomic E-state index is 12.8. The summed E-state index contributed by atoms with van der Waals surface area (Å²) in [5.41, 5.74) is 2.05. The molecule has 0 aromatic heterocycles. The van der Waals surface area contributed by atoms with Crippen LogP contribution in [0.25, 0.3) is 0 Å². The Labute approximate surface area is 163 Å². The summed E-state index contributed by atoms with van der Waals surface area (Å²) in [5, 5.41) is 5.98. The van der Waals surface area contributed by atoms with Gasteiger partial charge in [0.2, 0.25) is 15.9 Å². The van der Waals surface area contributed by atoms with E-state index in [9.17, 15) is 13.2 Å². The average Bonchev–Trinajstić information content (AvgIpc) is 2.61. The molecule has 1 aromatic carbocycles. The first-order valence-electron chi connectivity index (χ1n) is 8.86. The van der Waals surface area contributed by atoms with E-state index in [1.165, 1.54) is 4.31 Å². The Bertz CT molecular complexity index is 702. The lowest BCUT2D eigenvalue weighted by Gasteiger charge is -2.30. The van der Waals surface area contributed by atoms with Gasteiger partial charge in [0.15, 0.2) is 0 Å². The Morgan fingerprint density at radius 1 is 1.15 bits per heavy atom. The largest absolute Gasteiger partial charge is 0.356 e. The number of piperidine rings is 1. The average molecular weight is 404 g/mol. The molecule has 0 bridgehead atoms. The third kappa shape index (κ3) is 5.67. The van der Waals surface area contributed by atoms with Gasteiger partial charge < -0.3 is 10.6 Å². The van der Waals surface area contributed by atoms with Crippen LogP contribution in [0.15, 0.2) is 23.1 Å². The van der Waals surface area contributed by atoms with Gasteiger partial charge in [-0.25, -0.2) is 8.42 Å². The molecule has 0 spiro atoms. The highest BCUT2D eigenvalue weighted by Gasteiger charge is 2.32. The van der Waals surface area contributed by atoms with Gasteiger partial charge in [0.05, 0.1) is 4.90 Å². The molecule has 0 radical (unpaired) electrons. The first-order valence-corrected chi connectivity index (χ1v) is 10.3. The van der Waals surface area contributed by atoms with Crippen molar-refractivity contribution in [1.82, 2.24) is 14.9 Å². The highest BCUT2D eigenvalue weighted by molar-refractivity contribution is 7.89. The molecule has 1 fully saturated rings. The molecule has 148 valence electrons. The molecule has 1 heterocycles. The normalized spacial score (nSPS) is 16.1. The molecular formula is C18H30ClN3O3S. The number of hydrogen-bond donors (Lipinski definition) is 2. The summed E-state index contributed by atoms with van der Waals surface area (Å²) in [6.07, 6.45) is 2.03. The van der Waals surface area contributed by atoms with Crippen molar-refractivity contribution < 1.29 is 13.2 Å². The van der Waals surface area contributed by atoms with Crippen LogP contribution in [-0.4, -0.2) is 51.9 Å². The molecule has 1 aliphatic heterocycles. The predicted molar refractivity (Wildman–Crippen MR) is 106 cm³/mol. The van der Waals surface area contributed by atoms with Crippen molar-refractivity contribution >= 4 is 28.3 Å². The van der Waals surface area contributed by atoms with Crippen molar-refractivity contribution in [2.24, 2.45) is 5.92 Å². The van der Waals surface area contributed by atoms with Crippen molar-refractivity contribution in [3.8, 4) is 0 Å². The second-order valence-electron chi connectivity index (χ2n) is 6.67. The van der Waals surface area contributed by atoms with Crippen molar-refractivity contribution in [2.75, 3.05) is 33.2 Å². The number of aryl methyl sites for hydroxylation is 2. The van der Waals surface area contributed by atoms with E-state index < -0.39 is 10.0 Å². The van der Waals surface area contributed by atoms with Crippen LogP contribution in [0.2, 0.25) is 0 Å². The van der Waals surface area contributed by atoms with E-state index in [1.54, 1.807) is 12.1 Å². The summed E-state index contributed by atoms with van der Waals surface area (Å²) >= 11 is 0. The molecule has 0 unspecified atom stereocenters. The molecule has 1 amide bonds. The molecule has 1 saturated heterocycles. The Morgan fingerprint density at radius 3 is 2.38 bits per heavy atom. The number of sulfonamides is 1.